The van der Waals surface area contributed by atoms with Gasteiger partial charge in [-0.05, 0) is 42.9 Å². The van der Waals surface area contributed by atoms with Gasteiger partial charge in [0.2, 0.25) is 0 Å². The smallest absolute Gasteiger partial charge is 0.0154 e. The molecule has 106 valence electrons. The van der Waals surface area contributed by atoms with Crippen molar-refractivity contribution < 1.29 is 0 Å². The van der Waals surface area contributed by atoms with E-state index >= 15 is 0 Å². The third-order valence-electron chi connectivity index (χ3n) is 5.45. The Labute approximate surface area is 122 Å². The largest absolute Gasteiger partial charge is 0.0905 e. The molecule has 0 nitrogen and oxygen atoms in total. The summed E-state index contributed by atoms with van der Waals surface area (Å²) in [7, 11) is 4.35. The Bertz CT molecular complexity index is 253. The molecule has 0 aromatic rings. The van der Waals surface area contributed by atoms with E-state index in [4.69, 9.17) is 0 Å². The van der Waals surface area contributed by atoms with E-state index in [9.17, 15) is 0 Å². The number of hydrogen-bond donors (Lipinski definition) is 0. The van der Waals surface area contributed by atoms with Crippen LogP contribution in [-0.2, 0) is 0 Å². The number of hydrogen-bond acceptors (Lipinski definition) is 2. The summed E-state index contributed by atoms with van der Waals surface area (Å²) in [5.74, 6) is 3.84. The molecule has 0 bridgehead atoms. The van der Waals surface area contributed by atoms with Crippen LogP contribution in [0, 0.1) is 23.7 Å². The molecule has 1 saturated carbocycles. The molecule has 18 heavy (non-hydrogen) atoms. The highest BCUT2D eigenvalue weighted by Crippen LogP contribution is 2.48. The molecule has 2 rings (SSSR count). The summed E-state index contributed by atoms with van der Waals surface area (Å²) >= 11 is 0. The molecule has 1 aliphatic heterocycles. The predicted molar refractivity (Wildman–Crippen MR) is 87.1 cm³/mol. The van der Waals surface area contributed by atoms with Crippen molar-refractivity contribution >= 4 is 21.6 Å². The van der Waals surface area contributed by atoms with Crippen LogP contribution in [0.2, 0.25) is 0 Å². The van der Waals surface area contributed by atoms with Gasteiger partial charge in [0.05, 0.1) is 0 Å². The van der Waals surface area contributed by atoms with Crippen LogP contribution in [0.15, 0.2) is 0 Å². The molecule has 6 atom stereocenters. The summed E-state index contributed by atoms with van der Waals surface area (Å²) in [6, 6.07) is 0. The second-order valence-corrected chi connectivity index (χ2v) is 9.77. The van der Waals surface area contributed by atoms with Gasteiger partial charge < -0.3 is 0 Å². The fourth-order valence-electron chi connectivity index (χ4n) is 3.81. The topological polar surface area (TPSA) is 0 Å². The summed E-state index contributed by atoms with van der Waals surface area (Å²) in [4.78, 5) is 0. The van der Waals surface area contributed by atoms with E-state index in [1.165, 1.54) is 38.5 Å². The average Bonchev–Trinajstić information content (AvgIpc) is 2.51. The lowest BCUT2D eigenvalue weighted by molar-refractivity contribution is 0.212. The van der Waals surface area contributed by atoms with Crippen molar-refractivity contribution in [2.75, 3.05) is 0 Å². The van der Waals surface area contributed by atoms with Gasteiger partial charge in [-0.3, -0.25) is 0 Å². The first-order valence-electron chi connectivity index (χ1n) is 7.91. The maximum atomic E-state index is 2.53. The summed E-state index contributed by atoms with van der Waals surface area (Å²) in [5.41, 5.74) is 0. The van der Waals surface area contributed by atoms with Crippen molar-refractivity contribution in [3.05, 3.63) is 0 Å². The molecule has 1 unspecified atom stereocenters. The van der Waals surface area contributed by atoms with Crippen LogP contribution < -0.4 is 0 Å². The van der Waals surface area contributed by atoms with Crippen LogP contribution in [0.5, 0.6) is 0 Å². The van der Waals surface area contributed by atoms with Crippen LogP contribution in [0.4, 0.5) is 0 Å². The molecule has 0 aromatic heterocycles. The molecule has 2 aliphatic rings. The average molecular weight is 287 g/mol. The minimum atomic E-state index is 0.829. The Morgan fingerprint density at radius 1 is 0.611 bits per heavy atom. The maximum Gasteiger partial charge on any atom is 0.0154 e. The zero-order valence-corrected chi connectivity index (χ0v) is 14.2. The van der Waals surface area contributed by atoms with E-state index in [1.54, 1.807) is 0 Å². The maximum absolute atomic E-state index is 2.53. The lowest BCUT2D eigenvalue weighted by Gasteiger charge is -2.33. The highest BCUT2D eigenvalue weighted by molar-refractivity contribution is 8.77. The Hall–Kier alpha value is 0.700. The van der Waals surface area contributed by atoms with Gasteiger partial charge in [0, 0.05) is 10.5 Å². The Morgan fingerprint density at radius 3 is 2.06 bits per heavy atom. The third-order valence-corrected chi connectivity index (χ3v) is 9.13. The van der Waals surface area contributed by atoms with Gasteiger partial charge in [-0.15, -0.1) is 0 Å². The van der Waals surface area contributed by atoms with E-state index in [1.807, 2.05) is 0 Å². The molecule has 0 N–H and O–H groups in total. The van der Waals surface area contributed by atoms with Gasteiger partial charge >= 0.3 is 0 Å². The van der Waals surface area contributed by atoms with Crippen molar-refractivity contribution in [2.45, 2.75) is 76.7 Å². The highest BCUT2D eigenvalue weighted by Gasteiger charge is 2.34. The molecular formula is C16H30S2. The molecule has 0 radical (unpaired) electrons. The minimum Gasteiger partial charge on any atom is -0.0905 e. The fourth-order valence-corrected chi connectivity index (χ4v) is 7.02. The molecule has 2 fully saturated rings. The molecule has 1 aliphatic carbocycles. The lowest BCUT2D eigenvalue weighted by Crippen LogP contribution is -2.27. The summed E-state index contributed by atoms with van der Waals surface area (Å²) in [6.07, 6.45) is 8.87. The predicted octanol–water partition coefficient (Wildman–Crippen LogP) is 6.02. The van der Waals surface area contributed by atoms with Crippen molar-refractivity contribution in [1.82, 2.24) is 0 Å². The molecule has 0 spiro atoms. The first kappa shape index (κ1) is 15.1. The molecule has 0 aromatic carbocycles. The Balaban J connectivity index is 2.12. The van der Waals surface area contributed by atoms with Gasteiger partial charge in [-0.25, -0.2) is 0 Å². The van der Waals surface area contributed by atoms with Crippen molar-refractivity contribution in [1.29, 1.82) is 0 Å². The van der Waals surface area contributed by atoms with Gasteiger partial charge in [-0.1, -0.05) is 68.5 Å². The standard InChI is InChI=1S/C16H30S2/c1-11-9-10-15-12(2)7-5-6-8-16(15)14(4)18-17-13(11)3/h11-16H,5-10H2,1-4H3/t11-,12-,13-,14+,15?,16-/m0/s1. The molecule has 2 heteroatoms. The Morgan fingerprint density at radius 2 is 1.28 bits per heavy atom. The van der Waals surface area contributed by atoms with E-state index in [-0.39, 0.29) is 0 Å². The molecular weight excluding hydrogens is 256 g/mol. The lowest BCUT2D eigenvalue weighted by atomic mass is 9.76. The quantitative estimate of drug-likeness (QED) is 0.500. The highest BCUT2D eigenvalue weighted by atomic mass is 33.1. The van der Waals surface area contributed by atoms with Gasteiger partial charge in [0.25, 0.3) is 0 Å². The van der Waals surface area contributed by atoms with E-state index in [0.29, 0.717) is 0 Å². The van der Waals surface area contributed by atoms with Crippen LogP contribution in [0.25, 0.3) is 0 Å². The SMILES string of the molecule is C[C@@H]1SS[C@H](C)[C@@H]2CCCC[C@H](C)C2CC[C@@H]1C. The minimum absolute atomic E-state index is 0.829. The third kappa shape index (κ3) is 3.62. The number of fused-ring (bicyclic) bond motifs is 1. The second-order valence-electron chi connectivity index (χ2n) is 6.75. The van der Waals surface area contributed by atoms with Crippen LogP contribution in [0.3, 0.4) is 0 Å². The number of rotatable bonds is 0. The van der Waals surface area contributed by atoms with E-state index in [2.05, 4.69) is 49.3 Å². The molecule has 1 saturated heterocycles. The van der Waals surface area contributed by atoms with Gasteiger partial charge in [0.1, 0.15) is 0 Å². The second kappa shape index (κ2) is 6.92. The molecule has 0 amide bonds. The van der Waals surface area contributed by atoms with Crippen molar-refractivity contribution in [3.63, 3.8) is 0 Å². The Kier molecular flexibility index (Phi) is 5.81. The first-order valence-corrected chi connectivity index (χ1v) is 10.2. The van der Waals surface area contributed by atoms with Crippen LogP contribution >= 0.6 is 21.6 Å². The zero-order valence-electron chi connectivity index (χ0n) is 12.5. The molecule has 1 heterocycles. The van der Waals surface area contributed by atoms with Gasteiger partial charge in [0.15, 0.2) is 0 Å². The van der Waals surface area contributed by atoms with Crippen molar-refractivity contribution in [3.8, 4) is 0 Å². The first-order chi connectivity index (χ1) is 8.59. The van der Waals surface area contributed by atoms with Crippen LogP contribution in [-0.4, -0.2) is 10.5 Å². The monoisotopic (exact) mass is 286 g/mol. The van der Waals surface area contributed by atoms with E-state index < -0.39 is 0 Å². The zero-order chi connectivity index (χ0) is 13.1. The summed E-state index contributed by atoms with van der Waals surface area (Å²) in [6.45, 7) is 9.92. The van der Waals surface area contributed by atoms with Crippen LogP contribution in [0.1, 0.15) is 66.2 Å². The normalized spacial score (nSPS) is 47.3. The van der Waals surface area contributed by atoms with Gasteiger partial charge in [-0.2, -0.15) is 0 Å². The summed E-state index contributed by atoms with van der Waals surface area (Å²) < 4.78 is 0. The summed E-state index contributed by atoms with van der Waals surface area (Å²) in [5, 5.41) is 1.68. The fraction of sp³-hybridized carbons (Fsp3) is 1.00. The van der Waals surface area contributed by atoms with E-state index in [0.717, 1.165) is 34.2 Å². The van der Waals surface area contributed by atoms with Crippen molar-refractivity contribution in [2.24, 2.45) is 23.7 Å².